The number of aliphatic hydroxyl groups is 6. The van der Waals surface area contributed by atoms with Crippen molar-refractivity contribution in [1.82, 2.24) is 0 Å². The molecular formula is C10H30O10. The highest BCUT2D eigenvalue weighted by Gasteiger charge is 1.82. The highest BCUT2D eigenvalue weighted by Crippen LogP contribution is 1.48. The number of hydrogen-bond acceptors (Lipinski definition) is 8. The first-order valence-corrected chi connectivity index (χ1v) is 4.98. The number of aliphatic hydroxyl groups excluding tert-OH is 6. The first-order valence-electron chi connectivity index (χ1n) is 4.98. The molecule has 0 aromatic heterocycles. The first kappa shape index (κ1) is 42.8. The van der Waals surface area contributed by atoms with Crippen LogP contribution in [0.25, 0.3) is 0 Å². The summed E-state index contributed by atoms with van der Waals surface area (Å²) in [6, 6.07) is 0. The minimum Gasteiger partial charge on any atom is -0.483 e. The van der Waals surface area contributed by atoms with Crippen LogP contribution in [0.3, 0.4) is 0 Å². The molecule has 0 aromatic carbocycles. The van der Waals surface area contributed by atoms with Gasteiger partial charge in [-0.1, -0.05) is 0 Å². The molecule has 20 heavy (non-hydrogen) atoms. The Balaban J connectivity index is -0.0000000204. The lowest BCUT2D eigenvalue weighted by Gasteiger charge is -1.72. The summed E-state index contributed by atoms with van der Waals surface area (Å²) < 4.78 is 0. The maximum absolute atomic E-state index is 9.12. The van der Waals surface area contributed by atoms with Gasteiger partial charge in [-0.3, -0.25) is 4.79 Å². The van der Waals surface area contributed by atoms with Crippen molar-refractivity contribution >= 4 is 12.4 Å². The highest BCUT2D eigenvalue weighted by molar-refractivity contribution is 5.67. The van der Waals surface area contributed by atoms with Crippen LogP contribution in [0.2, 0.25) is 0 Å². The maximum atomic E-state index is 9.12. The van der Waals surface area contributed by atoms with Crippen molar-refractivity contribution in [2.75, 3.05) is 41.2 Å². The van der Waals surface area contributed by atoms with E-state index in [-0.39, 0.29) is 19.7 Å². The molecule has 10 nitrogen and oxygen atoms in total. The molecular weight excluding hydrogens is 280 g/mol. The second kappa shape index (κ2) is 152. The highest BCUT2D eigenvalue weighted by atomic mass is 16.4. The Morgan fingerprint density at radius 1 is 0.850 bits per heavy atom. The molecule has 8 N–H and O–H groups in total. The zero-order chi connectivity index (χ0) is 18.4. The third-order valence-corrected chi connectivity index (χ3v) is 0.135. The summed E-state index contributed by atoms with van der Waals surface area (Å²) in [5.41, 5.74) is 0. The summed E-state index contributed by atoms with van der Waals surface area (Å²) in [7, 11) is 3.00. The number of rotatable bonds is 1. The summed E-state index contributed by atoms with van der Waals surface area (Å²) >= 11 is 0. The van der Waals surface area contributed by atoms with Crippen LogP contribution in [0.15, 0.2) is 0 Å². The first-order chi connectivity index (χ1) is 9.51. The van der Waals surface area contributed by atoms with Gasteiger partial charge >= 0.3 is 5.97 Å². The van der Waals surface area contributed by atoms with E-state index in [0.29, 0.717) is 0 Å². The van der Waals surface area contributed by atoms with Crippen LogP contribution >= 0.6 is 0 Å². The molecule has 0 amide bonds. The van der Waals surface area contributed by atoms with Gasteiger partial charge in [-0.2, -0.15) is 0 Å². The Bertz CT molecular complexity index is 98.0. The summed E-state index contributed by atoms with van der Waals surface area (Å²) in [6.45, 7) is 2.83. The summed E-state index contributed by atoms with van der Waals surface area (Å²) in [6.07, 6.45) is 0. The van der Waals surface area contributed by atoms with Crippen LogP contribution in [0, 0.1) is 0 Å². The summed E-state index contributed by atoms with van der Waals surface area (Å²) in [5.74, 6) is -1.19. The number of carboxylic acids is 1. The minimum absolute atomic E-state index is 0.250. The minimum atomic E-state index is -1.19. The number of aliphatic carboxylic acids is 1. The standard InChI is InChI=1S/C2H4O3.2C2H6O.CH2O2.3CH4O/c3-1-2(4)5;2*1-2-3;2-1-3;3*1-2/h3H,1H2,(H,4,5);2*3H,2H2,1H3;1H,(H,2,3);3*2H,1H3. The van der Waals surface area contributed by atoms with Crippen molar-refractivity contribution in [1.29, 1.82) is 0 Å². The average Bonchev–Trinajstić information content (AvgIpc) is 2.48. The fourth-order valence-electron chi connectivity index (χ4n) is 0. The quantitative estimate of drug-likeness (QED) is 0.241. The van der Waals surface area contributed by atoms with Crippen molar-refractivity contribution in [3.63, 3.8) is 0 Å². The zero-order valence-corrected chi connectivity index (χ0v) is 12.6. The molecule has 0 aromatic rings. The summed E-state index contributed by atoms with van der Waals surface area (Å²) in [4.78, 5) is 17.5. The molecule has 0 atom stereocenters. The van der Waals surface area contributed by atoms with Gasteiger partial charge in [0.15, 0.2) is 0 Å². The molecule has 0 radical (unpaired) electrons. The van der Waals surface area contributed by atoms with E-state index in [1.807, 2.05) is 0 Å². The Morgan fingerprint density at radius 2 is 0.900 bits per heavy atom. The second-order valence-corrected chi connectivity index (χ2v) is 1.29. The molecule has 0 saturated heterocycles. The van der Waals surface area contributed by atoms with Crippen molar-refractivity contribution < 1.29 is 50.4 Å². The molecule has 0 heterocycles. The van der Waals surface area contributed by atoms with Gasteiger partial charge in [0.2, 0.25) is 0 Å². The van der Waals surface area contributed by atoms with Crippen LogP contribution in [0.1, 0.15) is 13.8 Å². The molecule has 0 unspecified atom stereocenters. The normalized spacial score (nSPS) is 5.15. The Kier molecular flexibility index (Phi) is 325. The van der Waals surface area contributed by atoms with Crippen LogP contribution in [-0.4, -0.2) is 94.4 Å². The van der Waals surface area contributed by atoms with E-state index in [1.165, 1.54) is 0 Å². The van der Waals surface area contributed by atoms with Crippen molar-refractivity contribution in [3.8, 4) is 0 Å². The van der Waals surface area contributed by atoms with Gasteiger partial charge in [-0.05, 0) is 13.8 Å². The summed E-state index contributed by atoms with van der Waals surface area (Å²) in [5, 5.41) is 58.0. The van der Waals surface area contributed by atoms with Crippen LogP contribution in [0.4, 0.5) is 0 Å². The van der Waals surface area contributed by atoms with E-state index in [1.54, 1.807) is 13.8 Å². The molecule has 0 aliphatic heterocycles. The van der Waals surface area contributed by atoms with Crippen LogP contribution in [0.5, 0.6) is 0 Å². The zero-order valence-electron chi connectivity index (χ0n) is 12.6. The van der Waals surface area contributed by atoms with E-state index in [4.69, 9.17) is 50.4 Å². The van der Waals surface area contributed by atoms with E-state index in [0.717, 1.165) is 21.3 Å². The smallest absolute Gasteiger partial charge is 0.329 e. The molecule has 0 aliphatic carbocycles. The van der Waals surface area contributed by atoms with Gasteiger partial charge in [-0.15, -0.1) is 0 Å². The average molecular weight is 310 g/mol. The largest absolute Gasteiger partial charge is 0.483 e. The van der Waals surface area contributed by atoms with Crippen molar-refractivity contribution in [2.24, 2.45) is 0 Å². The fraction of sp³-hybridized carbons (Fsp3) is 0.800. The van der Waals surface area contributed by atoms with Crippen LogP contribution < -0.4 is 0 Å². The molecule has 0 saturated carbocycles. The van der Waals surface area contributed by atoms with Gasteiger partial charge in [0.05, 0.1) is 0 Å². The van der Waals surface area contributed by atoms with E-state index in [2.05, 4.69) is 0 Å². The van der Waals surface area contributed by atoms with Gasteiger partial charge in [0, 0.05) is 34.5 Å². The lowest BCUT2D eigenvalue weighted by atomic mass is 10.8. The SMILES string of the molecule is CCO.CCO.CO.CO.CO.O=C(O)CO.O=CO. The van der Waals surface area contributed by atoms with Crippen LogP contribution in [-0.2, 0) is 9.59 Å². The topological polar surface area (TPSA) is 196 Å². The predicted octanol–water partition coefficient (Wildman–Crippen LogP) is -2.41. The predicted molar refractivity (Wildman–Crippen MR) is 73.4 cm³/mol. The van der Waals surface area contributed by atoms with E-state index in [9.17, 15) is 0 Å². The van der Waals surface area contributed by atoms with Crippen molar-refractivity contribution in [2.45, 2.75) is 13.8 Å². The molecule has 0 aliphatic rings. The third kappa shape index (κ3) is 8400. The number of carboxylic acid groups (broad SMARTS) is 2. The lowest BCUT2D eigenvalue weighted by molar-refractivity contribution is -0.140. The third-order valence-electron chi connectivity index (χ3n) is 0.135. The second-order valence-electron chi connectivity index (χ2n) is 1.29. The van der Waals surface area contributed by atoms with Gasteiger partial charge in [-0.25, -0.2) is 4.79 Å². The molecule has 130 valence electrons. The molecule has 0 bridgehead atoms. The lowest BCUT2D eigenvalue weighted by Crippen LogP contribution is -1.98. The molecule has 10 heteroatoms. The van der Waals surface area contributed by atoms with Gasteiger partial charge in [0.25, 0.3) is 6.47 Å². The molecule has 0 spiro atoms. The number of hydrogen-bond donors (Lipinski definition) is 8. The Labute approximate surface area is 119 Å². The number of carbonyl (C=O) groups is 2. The van der Waals surface area contributed by atoms with E-state index >= 15 is 0 Å². The van der Waals surface area contributed by atoms with Gasteiger partial charge in [0.1, 0.15) is 6.61 Å². The monoisotopic (exact) mass is 310 g/mol. The molecule has 0 fully saturated rings. The van der Waals surface area contributed by atoms with Crippen molar-refractivity contribution in [3.05, 3.63) is 0 Å². The fourth-order valence-corrected chi connectivity index (χ4v) is 0. The maximum Gasteiger partial charge on any atom is 0.329 e. The van der Waals surface area contributed by atoms with E-state index < -0.39 is 12.6 Å². The van der Waals surface area contributed by atoms with Gasteiger partial charge < -0.3 is 40.9 Å². The molecule has 0 rings (SSSR count). The Morgan fingerprint density at radius 3 is 0.900 bits per heavy atom. The Hall–Kier alpha value is -1.30.